The highest BCUT2D eigenvalue weighted by atomic mass is 19.1. The molecule has 0 bridgehead atoms. The van der Waals surface area contributed by atoms with Gasteiger partial charge in [-0.15, -0.1) is 0 Å². The zero-order chi connectivity index (χ0) is 16.4. The number of benzene rings is 2. The molecule has 0 atom stereocenters. The van der Waals surface area contributed by atoms with Crippen LogP contribution in [0.5, 0.6) is 0 Å². The van der Waals surface area contributed by atoms with Crippen molar-refractivity contribution in [1.29, 1.82) is 0 Å². The standard InChI is InChI=1S/C17H13FN2O3/c1-23-17(22)10-4-2-5-11(8-10)19-16(21)15-9-12-13(18)6-3-7-14(12)20-15/h2-9,20H,1H3,(H,19,21). The van der Waals surface area contributed by atoms with Crippen LogP contribution < -0.4 is 5.32 Å². The topological polar surface area (TPSA) is 71.2 Å². The van der Waals surface area contributed by atoms with Crippen LogP contribution in [0.4, 0.5) is 10.1 Å². The number of aromatic amines is 1. The van der Waals surface area contributed by atoms with E-state index in [4.69, 9.17) is 0 Å². The minimum absolute atomic E-state index is 0.230. The summed E-state index contributed by atoms with van der Waals surface area (Å²) in [5.41, 5.74) is 1.54. The van der Waals surface area contributed by atoms with Crippen LogP contribution in [0, 0.1) is 5.82 Å². The molecule has 23 heavy (non-hydrogen) atoms. The third-order valence-electron chi connectivity index (χ3n) is 3.40. The van der Waals surface area contributed by atoms with Crippen LogP contribution in [0.3, 0.4) is 0 Å². The van der Waals surface area contributed by atoms with E-state index in [1.807, 2.05) is 0 Å². The first kappa shape index (κ1) is 14.8. The minimum Gasteiger partial charge on any atom is -0.465 e. The first-order valence-corrected chi connectivity index (χ1v) is 6.85. The van der Waals surface area contributed by atoms with Crippen LogP contribution in [-0.2, 0) is 4.74 Å². The molecule has 0 aliphatic carbocycles. The lowest BCUT2D eigenvalue weighted by Crippen LogP contribution is -2.12. The first-order chi connectivity index (χ1) is 11.1. The van der Waals surface area contributed by atoms with Crippen molar-refractivity contribution < 1.29 is 18.7 Å². The van der Waals surface area contributed by atoms with Gasteiger partial charge in [0.15, 0.2) is 0 Å². The second-order valence-electron chi connectivity index (χ2n) is 4.91. The van der Waals surface area contributed by atoms with Gasteiger partial charge in [0.05, 0.1) is 12.7 Å². The Labute approximate surface area is 131 Å². The van der Waals surface area contributed by atoms with E-state index in [1.54, 1.807) is 30.3 Å². The van der Waals surface area contributed by atoms with Crippen molar-refractivity contribution in [1.82, 2.24) is 4.98 Å². The van der Waals surface area contributed by atoms with Gasteiger partial charge in [-0.1, -0.05) is 12.1 Å². The Kier molecular flexibility index (Phi) is 3.80. The number of nitrogens with one attached hydrogen (secondary N) is 2. The fourth-order valence-electron chi connectivity index (χ4n) is 2.28. The zero-order valence-corrected chi connectivity index (χ0v) is 12.2. The monoisotopic (exact) mass is 312 g/mol. The molecule has 116 valence electrons. The van der Waals surface area contributed by atoms with E-state index >= 15 is 0 Å². The zero-order valence-electron chi connectivity index (χ0n) is 12.2. The highest BCUT2D eigenvalue weighted by Gasteiger charge is 2.13. The molecule has 3 rings (SSSR count). The van der Waals surface area contributed by atoms with Crippen molar-refractivity contribution >= 4 is 28.5 Å². The Bertz CT molecular complexity index is 902. The fraction of sp³-hybridized carbons (Fsp3) is 0.0588. The van der Waals surface area contributed by atoms with E-state index in [9.17, 15) is 14.0 Å². The summed E-state index contributed by atoms with van der Waals surface area (Å²) in [4.78, 5) is 26.6. The van der Waals surface area contributed by atoms with Crippen LogP contribution in [0.15, 0.2) is 48.5 Å². The molecule has 6 heteroatoms. The number of methoxy groups -OCH3 is 1. The van der Waals surface area contributed by atoms with Gasteiger partial charge >= 0.3 is 5.97 Å². The van der Waals surface area contributed by atoms with Crippen molar-refractivity contribution in [3.8, 4) is 0 Å². The summed E-state index contributed by atoms with van der Waals surface area (Å²) in [6, 6.07) is 12.4. The number of carbonyl (C=O) groups excluding carboxylic acids is 2. The Morgan fingerprint density at radius 1 is 1.13 bits per heavy atom. The highest BCUT2D eigenvalue weighted by Crippen LogP contribution is 2.20. The Morgan fingerprint density at radius 2 is 1.91 bits per heavy atom. The fourth-order valence-corrected chi connectivity index (χ4v) is 2.28. The van der Waals surface area contributed by atoms with Crippen molar-refractivity contribution in [2.24, 2.45) is 0 Å². The van der Waals surface area contributed by atoms with Crippen molar-refractivity contribution in [3.05, 3.63) is 65.6 Å². The predicted molar refractivity (Wildman–Crippen MR) is 84.0 cm³/mol. The number of hydrogen-bond acceptors (Lipinski definition) is 3. The molecular weight excluding hydrogens is 299 g/mol. The summed E-state index contributed by atoms with van der Waals surface area (Å²) in [6.45, 7) is 0. The molecule has 0 fully saturated rings. The normalized spacial score (nSPS) is 10.5. The van der Waals surface area contributed by atoms with E-state index in [-0.39, 0.29) is 5.69 Å². The van der Waals surface area contributed by atoms with E-state index in [0.29, 0.717) is 22.2 Å². The molecule has 0 aliphatic rings. The van der Waals surface area contributed by atoms with Crippen molar-refractivity contribution in [3.63, 3.8) is 0 Å². The van der Waals surface area contributed by atoms with Crippen molar-refractivity contribution in [2.75, 3.05) is 12.4 Å². The number of anilines is 1. The van der Waals surface area contributed by atoms with Crippen molar-refractivity contribution in [2.45, 2.75) is 0 Å². The average Bonchev–Trinajstić information content (AvgIpc) is 3.00. The van der Waals surface area contributed by atoms with Gasteiger partial charge < -0.3 is 15.0 Å². The third-order valence-corrected chi connectivity index (χ3v) is 3.40. The largest absolute Gasteiger partial charge is 0.465 e. The van der Waals surface area contributed by atoms with Gasteiger partial charge in [0.1, 0.15) is 11.5 Å². The van der Waals surface area contributed by atoms with E-state index in [2.05, 4.69) is 15.0 Å². The van der Waals surface area contributed by atoms with Crippen LogP contribution in [0.25, 0.3) is 10.9 Å². The van der Waals surface area contributed by atoms with Gasteiger partial charge in [-0.3, -0.25) is 4.79 Å². The molecule has 0 radical (unpaired) electrons. The number of rotatable bonds is 3. The van der Waals surface area contributed by atoms with Crippen LogP contribution in [0.1, 0.15) is 20.8 Å². The molecule has 3 aromatic rings. The second kappa shape index (κ2) is 5.92. The molecule has 2 N–H and O–H groups in total. The lowest BCUT2D eigenvalue weighted by atomic mass is 10.2. The van der Waals surface area contributed by atoms with Crippen LogP contribution in [0.2, 0.25) is 0 Å². The molecule has 1 heterocycles. The smallest absolute Gasteiger partial charge is 0.337 e. The maximum absolute atomic E-state index is 13.7. The van der Waals surface area contributed by atoms with Gasteiger partial charge in [-0.25, -0.2) is 9.18 Å². The van der Waals surface area contributed by atoms with Gasteiger partial charge in [0, 0.05) is 16.6 Å². The quantitative estimate of drug-likeness (QED) is 0.729. The maximum atomic E-state index is 13.7. The van der Waals surface area contributed by atoms with Crippen LogP contribution >= 0.6 is 0 Å². The number of hydrogen-bond donors (Lipinski definition) is 2. The summed E-state index contributed by atoms with van der Waals surface area (Å²) in [5, 5.41) is 3.01. The predicted octanol–water partition coefficient (Wildman–Crippen LogP) is 3.35. The van der Waals surface area contributed by atoms with Gasteiger partial charge in [0.2, 0.25) is 0 Å². The summed E-state index contributed by atoms with van der Waals surface area (Å²) < 4.78 is 18.3. The van der Waals surface area contributed by atoms with E-state index in [1.165, 1.54) is 25.3 Å². The number of ether oxygens (including phenoxy) is 1. The summed E-state index contributed by atoms with van der Waals surface area (Å²) in [7, 11) is 1.28. The Morgan fingerprint density at radius 3 is 2.65 bits per heavy atom. The summed E-state index contributed by atoms with van der Waals surface area (Å²) in [6.07, 6.45) is 0. The lowest BCUT2D eigenvalue weighted by molar-refractivity contribution is 0.0600. The minimum atomic E-state index is -0.492. The van der Waals surface area contributed by atoms with Gasteiger partial charge in [-0.2, -0.15) is 0 Å². The number of carbonyl (C=O) groups is 2. The second-order valence-corrected chi connectivity index (χ2v) is 4.91. The summed E-state index contributed by atoms with van der Waals surface area (Å²) in [5.74, 6) is -1.32. The third kappa shape index (κ3) is 2.91. The molecule has 0 unspecified atom stereocenters. The lowest BCUT2D eigenvalue weighted by Gasteiger charge is -2.05. The maximum Gasteiger partial charge on any atom is 0.337 e. The van der Waals surface area contributed by atoms with Crippen LogP contribution in [-0.4, -0.2) is 24.0 Å². The summed E-state index contributed by atoms with van der Waals surface area (Å²) >= 11 is 0. The molecule has 2 aromatic carbocycles. The Hall–Kier alpha value is -3.15. The number of fused-ring (bicyclic) bond motifs is 1. The number of halogens is 1. The first-order valence-electron chi connectivity index (χ1n) is 6.85. The Balaban J connectivity index is 1.86. The number of H-pyrrole nitrogens is 1. The molecular formula is C17H13FN2O3. The molecule has 1 aromatic heterocycles. The number of aromatic nitrogens is 1. The van der Waals surface area contributed by atoms with E-state index in [0.717, 1.165) is 0 Å². The molecule has 0 spiro atoms. The molecule has 1 amide bonds. The molecule has 0 saturated heterocycles. The average molecular weight is 312 g/mol. The highest BCUT2D eigenvalue weighted by molar-refractivity contribution is 6.06. The number of esters is 1. The molecule has 0 aliphatic heterocycles. The number of amides is 1. The molecule has 0 saturated carbocycles. The van der Waals surface area contributed by atoms with Gasteiger partial charge in [0.25, 0.3) is 5.91 Å². The SMILES string of the molecule is COC(=O)c1cccc(NC(=O)c2cc3c(F)cccc3[nH]2)c1. The molecule has 5 nitrogen and oxygen atoms in total. The van der Waals surface area contributed by atoms with Gasteiger partial charge in [-0.05, 0) is 36.4 Å². The van der Waals surface area contributed by atoms with E-state index < -0.39 is 17.7 Å².